The minimum atomic E-state index is -0.0162. The third-order valence-electron chi connectivity index (χ3n) is 5.92. The molecule has 1 aliphatic heterocycles. The first-order valence-corrected chi connectivity index (χ1v) is 11.3. The fraction of sp³-hybridized carbons (Fsp3) is 0.750. The quantitative estimate of drug-likeness (QED) is 0.654. The van der Waals surface area contributed by atoms with E-state index in [-0.39, 0.29) is 11.9 Å². The minimum Gasteiger partial charge on any atom is -0.337 e. The lowest BCUT2D eigenvalue weighted by Gasteiger charge is -2.29. The maximum Gasteiger partial charge on any atom is 0.222 e. The topological polar surface area (TPSA) is 80.0 Å². The van der Waals surface area contributed by atoms with Gasteiger partial charge in [-0.05, 0) is 69.5 Å². The molecule has 8 nitrogen and oxygen atoms in total. The van der Waals surface area contributed by atoms with Gasteiger partial charge in [-0.25, -0.2) is 9.67 Å². The van der Waals surface area contributed by atoms with Crippen LogP contribution in [0.15, 0.2) is 0 Å². The first-order chi connectivity index (χ1) is 13.8. The van der Waals surface area contributed by atoms with Gasteiger partial charge < -0.3 is 4.90 Å². The predicted molar refractivity (Wildman–Crippen MR) is 113 cm³/mol. The fourth-order valence-corrected chi connectivity index (χ4v) is 4.73. The summed E-state index contributed by atoms with van der Waals surface area (Å²) in [5, 5.41) is 13.2. The second kappa shape index (κ2) is 9.75. The zero-order valence-corrected chi connectivity index (χ0v) is 19.1. The van der Waals surface area contributed by atoms with Gasteiger partial charge in [-0.2, -0.15) is 0 Å². The summed E-state index contributed by atoms with van der Waals surface area (Å²) in [7, 11) is 1.86. The largest absolute Gasteiger partial charge is 0.337 e. The Morgan fingerprint density at radius 3 is 2.69 bits per heavy atom. The molecule has 2 aromatic rings. The molecule has 3 rings (SSSR count). The van der Waals surface area contributed by atoms with Gasteiger partial charge in [0.15, 0.2) is 5.82 Å². The minimum absolute atomic E-state index is 0.0162. The van der Waals surface area contributed by atoms with Gasteiger partial charge in [0.2, 0.25) is 5.91 Å². The molecule has 29 heavy (non-hydrogen) atoms. The molecule has 3 heterocycles. The summed E-state index contributed by atoms with van der Waals surface area (Å²) in [4.78, 5) is 22.7. The molecule has 0 spiro atoms. The molecule has 2 aromatic heterocycles. The van der Waals surface area contributed by atoms with Crippen molar-refractivity contribution in [3.8, 4) is 0 Å². The molecule has 160 valence electrons. The first kappa shape index (κ1) is 21.8. The van der Waals surface area contributed by atoms with Crippen molar-refractivity contribution < 1.29 is 4.79 Å². The van der Waals surface area contributed by atoms with Crippen molar-refractivity contribution in [3.05, 3.63) is 21.4 Å². The number of thiazole rings is 1. The van der Waals surface area contributed by atoms with Gasteiger partial charge >= 0.3 is 0 Å². The maximum absolute atomic E-state index is 12.7. The Morgan fingerprint density at radius 2 is 2.03 bits per heavy atom. The van der Waals surface area contributed by atoms with Crippen LogP contribution in [0.25, 0.3) is 0 Å². The first-order valence-electron chi connectivity index (χ1n) is 10.5. The van der Waals surface area contributed by atoms with Crippen LogP contribution in [0.1, 0.15) is 67.0 Å². The number of carbonyl (C=O) groups excluding carboxylic acids is 1. The van der Waals surface area contributed by atoms with Crippen LogP contribution < -0.4 is 0 Å². The lowest BCUT2D eigenvalue weighted by molar-refractivity contribution is -0.132. The van der Waals surface area contributed by atoms with Gasteiger partial charge in [0.1, 0.15) is 0 Å². The Bertz CT molecular complexity index is 810. The SMILES string of the molecule is Cc1nc([C@@H](C)N(C)C(=O)CCCn2nnnc2CN2CCC(C)CC2)c(C)s1. The Hall–Kier alpha value is -1.87. The van der Waals surface area contributed by atoms with E-state index in [4.69, 9.17) is 0 Å². The highest BCUT2D eigenvalue weighted by Crippen LogP contribution is 2.26. The second-order valence-corrected chi connectivity index (χ2v) is 9.64. The average Bonchev–Trinajstić information content (AvgIpc) is 3.27. The van der Waals surface area contributed by atoms with Gasteiger partial charge in [-0.3, -0.25) is 9.69 Å². The molecule has 1 amide bonds. The van der Waals surface area contributed by atoms with E-state index in [1.54, 1.807) is 16.2 Å². The molecule has 1 aliphatic rings. The number of aromatic nitrogens is 5. The van der Waals surface area contributed by atoms with Crippen molar-refractivity contribution >= 4 is 17.2 Å². The van der Waals surface area contributed by atoms with Crippen molar-refractivity contribution in [1.82, 2.24) is 35.0 Å². The third-order valence-corrected chi connectivity index (χ3v) is 6.82. The number of tetrazole rings is 1. The van der Waals surface area contributed by atoms with E-state index in [2.05, 4.69) is 39.3 Å². The summed E-state index contributed by atoms with van der Waals surface area (Å²) in [6, 6.07) is -0.0162. The number of amides is 1. The summed E-state index contributed by atoms with van der Waals surface area (Å²) < 4.78 is 1.85. The molecule has 0 aliphatic carbocycles. The summed E-state index contributed by atoms with van der Waals surface area (Å²) in [6.45, 7) is 12.1. The van der Waals surface area contributed by atoms with Gasteiger partial charge in [-0.15, -0.1) is 16.4 Å². The third kappa shape index (κ3) is 5.60. The number of aryl methyl sites for hydroxylation is 3. The summed E-state index contributed by atoms with van der Waals surface area (Å²) in [5.41, 5.74) is 1.00. The van der Waals surface area contributed by atoms with E-state index in [1.807, 2.05) is 25.6 Å². The molecule has 0 unspecified atom stereocenters. The number of hydrogen-bond acceptors (Lipinski definition) is 7. The monoisotopic (exact) mass is 419 g/mol. The normalized spacial score (nSPS) is 16.9. The standard InChI is InChI=1S/C20H33N7OS/c1-14-8-11-26(12-9-14)13-18-22-23-24-27(18)10-6-7-19(28)25(5)15(2)20-16(3)29-17(4)21-20/h14-15H,6-13H2,1-5H3/t15-/m1/s1. The van der Waals surface area contributed by atoms with Gasteiger partial charge in [0.25, 0.3) is 0 Å². The van der Waals surface area contributed by atoms with Crippen LogP contribution in [0.2, 0.25) is 0 Å². The molecule has 9 heteroatoms. The Morgan fingerprint density at radius 1 is 1.31 bits per heavy atom. The number of hydrogen-bond donors (Lipinski definition) is 0. The lowest BCUT2D eigenvalue weighted by Crippen LogP contribution is -2.33. The van der Waals surface area contributed by atoms with Gasteiger partial charge in [0, 0.05) is 24.9 Å². The Balaban J connectivity index is 1.48. The van der Waals surface area contributed by atoms with Crippen LogP contribution in [0.3, 0.4) is 0 Å². The van der Waals surface area contributed by atoms with Crippen LogP contribution in [-0.2, 0) is 17.9 Å². The van der Waals surface area contributed by atoms with E-state index in [9.17, 15) is 4.79 Å². The summed E-state index contributed by atoms with van der Waals surface area (Å²) in [5.74, 6) is 1.83. The van der Waals surface area contributed by atoms with Crippen LogP contribution >= 0.6 is 11.3 Å². The second-order valence-electron chi connectivity index (χ2n) is 8.24. The number of carbonyl (C=O) groups is 1. The predicted octanol–water partition coefficient (Wildman–Crippen LogP) is 2.98. The fourth-order valence-electron chi connectivity index (χ4n) is 3.82. The maximum atomic E-state index is 12.7. The van der Waals surface area contributed by atoms with E-state index in [0.717, 1.165) is 48.5 Å². The number of rotatable bonds is 8. The molecular formula is C20H33N7OS. The molecule has 0 saturated carbocycles. The van der Waals surface area contributed by atoms with E-state index >= 15 is 0 Å². The van der Waals surface area contributed by atoms with Crippen molar-refractivity contribution in [2.75, 3.05) is 20.1 Å². The van der Waals surface area contributed by atoms with Crippen LogP contribution in [-0.4, -0.2) is 61.0 Å². The highest BCUT2D eigenvalue weighted by molar-refractivity contribution is 7.11. The molecule has 1 atom stereocenters. The molecular weight excluding hydrogens is 386 g/mol. The lowest BCUT2D eigenvalue weighted by atomic mass is 9.99. The van der Waals surface area contributed by atoms with Crippen molar-refractivity contribution in [2.45, 2.75) is 72.5 Å². The zero-order chi connectivity index (χ0) is 21.0. The van der Waals surface area contributed by atoms with Gasteiger partial charge in [0.05, 0.1) is 23.3 Å². The molecule has 0 aromatic carbocycles. The summed E-state index contributed by atoms with van der Waals surface area (Å²) in [6.07, 6.45) is 3.67. The van der Waals surface area contributed by atoms with E-state index in [1.165, 1.54) is 17.7 Å². The highest BCUT2D eigenvalue weighted by Gasteiger charge is 2.22. The molecule has 0 radical (unpaired) electrons. The molecule has 0 N–H and O–H groups in total. The zero-order valence-electron chi connectivity index (χ0n) is 18.3. The van der Waals surface area contributed by atoms with Crippen molar-refractivity contribution in [2.24, 2.45) is 5.92 Å². The van der Waals surface area contributed by atoms with Crippen LogP contribution in [0, 0.1) is 19.8 Å². The molecule has 1 fully saturated rings. The van der Waals surface area contributed by atoms with Crippen molar-refractivity contribution in [3.63, 3.8) is 0 Å². The number of nitrogens with zero attached hydrogens (tertiary/aromatic N) is 7. The van der Waals surface area contributed by atoms with Crippen LogP contribution in [0.5, 0.6) is 0 Å². The van der Waals surface area contributed by atoms with Crippen LogP contribution in [0.4, 0.5) is 0 Å². The average molecular weight is 420 g/mol. The number of likely N-dealkylation sites (tertiary alicyclic amines) is 1. The number of piperidine rings is 1. The molecule has 0 bridgehead atoms. The summed E-state index contributed by atoms with van der Waals surface area (Å²) >= 11 is 1.68. The van der Waals surface area contributed by atoms with E-state index in [0.29, 0.717) is 13.0 Å². The van der Waals surface area contributed by atoms with E-state index < -0.39 is 0 Å². The molecule has 1 saturated heterocycles. The highest BCUT2D eigenvalue weighted by atomic mass is 32.1. The smallest absolute Gasteiger partial charge is 0.222 e. The van der Waals surface area contributed by atoms with Crippen molar-refractivity contribution in [1.29, 1.82) is 0 Å². The van der Waals surface area contributed by atoms with Gasteiger partial charge in [-0.1, -0.05) is 6.92 Å². The Labute approximate surface area is 177 Å². The Kier molecular flexibility index (Phi) is 7.34.